The van der Waals surface area contributed by atoms with Gasteiger partial charge in [0.25, 0.3) is 0 Å². The number of hydrogen-bond donors (Lipinski definition) is 4. The van der Waals surface area contributed by atoms with Crippen molar-refractivity contribution in [2.45, 2.75) is 31.2 Å². The normalized spacial score (nSPS) is 29.9. The van der Waals surface area contributed by atoms with Crippen molar-refractivity contribution in [2.24, 2.45) is 17.8 Å². The third-order valence-corrected chi connectivity index (χ3v) is 8.01. The molecule has 5 atom stereocenters. The van der Waals surface area contributed by atoms with Crippen molar-refractivity contribution < 1.29 is 0 Å². The molecule has 2 bridgehead atoms. The minimum atomic E-state index is 0.235. The van der Waals surface area contributed by atoms with E-state index >= 15 is 0 Å². The summed E-state index contributed by atoms with van der Waals surface area (Å²) in [7, 11) is 0. The van der Waals surface area contributed by atoms with Gasteiger partial charge >= 0.3 is 0 Å². The molecule has 1 aliphatic heterocycles. The lowest BCUT2D eigenvalue weighted by Gasteiger charge is -2.44. The van der Waals surface area contributed by atoms with Gasteiger partial charge in [0, 0.05) is 10.8 Å². The van der Waals surface area contributed by atoms with E-state index in [0.29, 0.717) is 17.7 Å². The highest BCUT2D eigenvalue weighted by molar-refractivity contribution is 6.34. The van der Waals surface area contributed by atoms with Crippen LogP contribution < -0.4 is 11.1 Å². The Hall–Kier alpha value is -2.73. The zero-order valence-electron chi connectivity index (χ0n) is 15.7. The number of aromatic nitrogens is 4. The summed E-state index contributed by atoms with van der Waals surface area (Å²) in [6, 6.07) is 8.72. The van der Waals surface area contributed by atoms with Crippen molar-refractivity contribution in [3.63, 3.8) is 0 Å². The van der Waals surface area contributed by atoms with Crippen molar-refractivity contribution in [1.82, 2.24) is 20.4 Å². The van der Waals surface area contributed by atoms with Gasteiger partial charge in [-0.2, -0.15) is 10.2 Å². The monoisotopic (exact) mass is 404 g/mol. The van der Waals surface area contributed by atoms with Crippen molar-refractivity contribution in [2.75, 3.05) is 11.1 Å². The first kappa shape index (κ1) is 16.1. The van der Waals surface area contributed by atoms with Crippen LogP contribution >= 0.6 is 11.6 Å². The van der Waals surface area contributed by atoms with Gasteiger partial charge in [0.15, 0.2) is 5.82 Å². The van der Waals surface area contributed by atoms with Gasteiger partial charge in [0.2, 0.25) is 0 Å². The number of H-pyrrole nitrogens is 2. The number of fused-ring (bicyclic) bond motifs is 10. The lowest BCUT2D eigenvalue weighted by molar-refractivity contribution is 0.249. The summed E-state index contributed by atoms with van der Waals surface area (Å²) >= 11 is 6.78. The summed E-state index contributed by atoms with van der Waals surface area (Å²) in [5.41, 5.74) is 11.7. The average molecular weight is 405 g/mol. The predicted molar refractivity (Wildman–Crippen MR) is 115 cm³/mol. The van der Waals surface area contributed by atoms with E-state index in [2.05, 4.69) is 43.9 Å². The number of nitrogens with one attached hydrogen (secondary N) is 3. The minimum Gasteiger partial charge on any atom is -0.382 e. The van der Waals surface area contributed by atoms with Gasteiger partial charge in [-0.15, -0.1) is 0 Å². The lowest BCUT2D eigenvalue weighted by atomic mass is 9.67. The zero-order valence-corrected chi connectivity index (χ0v) is 16.5. The number of halogens is 1. The maximum Gasteiger partial charge on any atom is 0.153 e. The average Bonchev–Trinajstić information content (AvgIpc) is 3.51. The van der Waals surface area contributed by atoms with Crippen molar-refractivity contribution in [1.29, 1.82) is 0 Å². The molecule has 5 unspecified atom stereocenters. The van der Waals surface area contributed by atoms with Crippen molar-refractivity contribution in [3.8, 4) is 0 Å². The van der Waals surface area contributed by atoms with Crippen LogP contribution in [-0.2, 0) is 0 Å². The van der Waals surface area contributed by atoms with Gasteiger partial charge in [-0.25, -0.2) is 0 Å². The number of hydrogen-bond acceptors (Lipinski definition) is 4. The Morgan fingerprint density at radius 1 is 1.03 bits per heavy atom. The summed E-state index contributed by atoms with van der Waals surface area (Å²) in [6.45, 7) is 0. The Morgan fingerprint density at radius 2 is 1.90 bits per heavy atom. The summed E-state index contributed by atoms with van der Waals surface area (Å²) in [4.78, 5) is 0. The summed E-state index contributed by atoms with van der Waals surface area (Å²) in [5.74, 6) is 3.12. The maximum absolute atomic E-state index is 6.78. The second-order valence-electron chi connectivity index (χ2n) is 8.95. The molecular weight excluding hydrogens is 384 g/mol. The highest BCUT2D eigenvalue weighted by Gasteiger charge is 2.54. The molecule has 7 heteroatoms. The van der Waals surface area contributed by atoms with Crippen LogP contribution in [0.4, 0.5) is 11.5 Å². The van der Waals surface area contributed by atoms with Crippen LogP contribution in [0.2, 0.25) is 5.02 Å². The highest BCUT2D eigenvalue weighted by atomic mass is 35.5. The molecule has 4 aromatic rings. The molecule has 3 aliphatic rings. The second-order valence-corrected chi connectivity index (χ2v) is 9.36. The van der Waals surface area contributed by atoms with E-state index in [1.165, 1.54) is 35.8 Å². The van der Waals surface area contributed by atoms with Crippen molar-refractivity contribution in [3.05, 3.63) is 46.6 Å². The number of nitrogen functional groups attached to an aromatic ring is 1. The van der Waals surface area contributed by atoms with Gasteiger partial charge in [-0.05, 0) is 72.3 Å². The molecule has 3 heterocycles. The molecule has 5 N–H and O–H groups in total. The van der Waals surface area contributed by atoms with Gasteiger partial charge in [-0.1, -0.05) is 17.7 Å². The van der Waals surface area contributed by atoms with Crippen LogP contribution in [0.5, 0.6) is 0 Å². The molecule has 0 radical (unpaired) electrons. The first-order chi connectivity index (χ1) is 14.2. The molecule has 6 nitrogen and oxygen atoms in total. The fourth-order valence-electron chi connectivity index (χ4n) is 6.63. The van der Waals surface area contributed by atoms with Crippen molar-refractivity contribution >= 4 is 44.9 Å². The molecule has 2 saturated carbocycles. The predicted octanol–water partition coefficient (Wildman–Crippen LogP) is 4.97. The van der Waals surface area contributed by atoms with Crippen LogP contribution in [0.1, 0.15) is 42.3 Å². The van der Waals surface area contributed by atoms with E-state index in [4.69, 9.17) is 17.3 Å². The number of nitrogens with zero attached hydrogens (tertiary/aromatic N) is 2. The minimum absolute atomic E-state index is 0.235. The maximum atomic E-state index is 6.78. The Morgan fingerprint density at radius 3 is 2.83 bits per heavy atom. The lowest BCUT2D eigenvalue weighted by Crippen LogP contribution is -2.35. The van der Waals surface area contributed by atoms with Crippen LogP contribution in [0.3, 0.4) is 0 Å². The SMILES string of the molecule is Nc1n[nH]c2cc(C3Nc4c(Cl)cc5[nH]ncc5c4C4C5CCC(C5)C34)ccc12. The van der Waals surface area contributed by atoms with Crippen LogP contribution in [0.15, 0.2) is 30.5 Å². The molecule has 2 fully saturated rings. The molecule has 0 spiro atoms. The molecule has 29 heavy (non-hydrogen) atoms. The Labute approximate surface area is 172 Å². The molecule has 7 rings (SSSR count). The topological polar surface area (TPSA) is 95.4 Å². The quantitative estimate of drug-likeness (QED) is 0.360. The van der Waals surface area contributed by atoms with Crippen LogP contribution in [0, 0.1) is 17.8 Å². The molecule has 146 valence electrons. The van der Waals surface area contributed by atoms with Gasteiger partial charge in [-0.3, -0.25) is 10.2 Å². The molecule has 0 amide bonds. The smallest absolute Gasteiger partial charge is 0.153 e. The second kappa shape index (κ2) is 5.45. The summed E-state index contributed by atoms with van der Waals surface area (Å²) in [5, 5.41) is 21.5. The highest BCUT2D eigenvalue weighted by Crippen LogP contribution is 2.65. The number of anilines is 2. The Balaban J connectivity index is 1.45. The van der Waals surface area contributed by atoms with E-state index in [1.54, 1.807) is 0 Å². The van der Waals surface area contributed by atoms with Crippen LogP contribution in [0.25, 0.3) is 21.8 Å². The standard InChI is InChI=1S/C22H21ClN6/c23-14-7-16-13(8-25-27-16)19-17-9-1-2-10(5-9)18(17)20(26-21(14)19)11-3-4-12-15(6-11)28-29-22(12)24/h3-4,6-10,17-18,20,26H,1-2,5H2,(H,25,27)(H3,24,28,29). The zero-order chi connectivity index (χ0) is 19.3. The van der Waals surface area contributed by atoms with E-state index in [9.17, 15) is 0 Å². The fourth-order valence-corrected chi connectivity index (χ4v) is 6.89. The van der Waals surface area contributed by atoms with Gasteiger partial charge in [0.05, 0.1) is 34.0 Å². The third kappa shape index (κ3) is 2.02. The molecule has 0 saturated heterocycles. The number of aromatic amines is 2. The number of nitrogens with two attached hydrogens (primary N) is 1. The number of rotatable bonds is 1. The van der Waals surface area contributed by atoms with E-state index in [-0.39, 0.29) is 6.04 Å². The Bertz CT molecular complexity index is 1290. The largest absolute Gasteiger partial charge is 0.382 e. The summed E-state index contributed by atoms with van der Waals surface area (Å²) in [6.07, 6.45) is 5.93. The molecule has 2 aliphatic carbocycles. The Kier molecular flexibility index (Phi) is 3.03. The van der Waals surface area contributed by atoms with Gasteiger partial charge in [0.1, 0.15) is 0 Å². The first-order valence-electron chi connectivity index (χ1n) is 10.3. The van der Waals surface area contributed by atoms with E-state index in [1.807, 2.05) is 12.3 Å². The van der Waals surface area contributed by atoms with E-state index in [0.717, 1.165) is 39.0 Å². The van der Waals surface area contributed by atoms with E-state index < -0.39 is 0 Å². The molecule has 2 aromatic heterocycles. The molecular formula is C22H21ClN6. The molecule has 2 aromatic carbocycles. The third-order valence-electron chi connectivity index (χ3n) is 7.71. The first-order valence-corrected chi connectivity index (χ1v) is 10.7. The van der Waals surface area contributed by atoms with Gasteiger partial charge < -0.3 is 11.1 Å². The number of benzene rings is 2. The van der Waals surface area contributed by atoms with Crippen LogP contribution in [-0.4, -0.2) is 20.4 Å². The fraction of sp³-hybridized carbons (Fsp3) is 0.364. The summed E-state index contributed by atoms with van der Waals surface area (Å²) < 4.78 is 0.